The molecule has 2 fully saturated rings. The number of carbonyl (C=O) groups is 1. The quantitative estimate of drug-likeness (QED) is 0.606. The Labute approximate surface area is 202 Å². The highest BCUT2D eigenvalue weighted by Gasteiger charge is 2.57. The van der Waals surface area contributed by atoms with Crippen molar-refractivity contribution < 1.29 is 4.79 Å². The van der Waals surface area contributed by atoms with E-state index in [1.165, 1.54) is 6.42 Å². The molecule has 3 rings (SSSR count). The van der Waals surface area contributed by atoms with Gasteiger partial charge in [-0.25, -0.2) is 5.01 Å². The number of carbonyl (C=O) groups excluding carboxylic acids is 1. The van der Waals surface area contributed by atoms with Gasteiger partial charge < -0.3 is 5.73 Å². The summed E-state index contributed by atoms with van der Waals surface area (Å²) >= 11 is 0. The molecule has 5 heteroatoms. The highest BCUT2D eigenvalue weighted by molar-refractivity contribution is 5.88. The maximum absolute atomic E-state index is 14.7. The molecule has 0 radical (unpaired) electrons. The Morgan fingerprint density at radius 2 is 1.30 bits per heavy atom. The number of piperidine rings is 2. The molecule has 2 saturated heterocycles. The average Bonchev–Trinajstić information content (AvgIpc) is 2.69. The molecule has 1 aromatic carbocycles. The van der Waals surface area contributed by atoms with Crippen LogP contribution in [0, 0.1) is 0 Å². The predicted molar refractivity (Wildman–Crippen MR) is 138 cm³/mol. The van der Waals surface area contributed by atoms with Gasteiger partial charge in [-0.05, 0) is 112 Å². The van der Waals surface area contributed by atoms with Crippen LogP contribution in [-0.2, 0) is 10.3 Å². The van der Waals surface area contributed by atoms with Gasteiger partial charge in [0.1, 0.15) is 5.54 Å². The first-order valence-corrected chi connectivity index (χ1v) is 12.9. The molecule has 2 aliphatic rings. The molecule has 0 spiro atoms. The van der Waals surface area contributed by atoms with E-state index in [1.54, 1.807) is 0 Å². The maximum atomic E-state index is 14.7. The van der Waals surface area contributed by atoms with Crippen LogP contribution in [0.25, 0.3) is 0 Å². The second-order valence-electron chi connectivity index (χ2n) is 12.8. The average molecular weight is 457 g/mol. The van der Waals surface area contributed by atoms with Crippen LogP contribution in [0.1, 0.15) is 106 Å². The number of hydrogen-bond donors (Lipinski definition) is 2. The second-order valence-corrected chi connectivity index (χ2v) is 12.8. The van der Waals surface area contributed by atoms with E-state index in [4.69, 9.17) is 5.73 Å². The van der Waals surface area contributed by atoms with Gasteiger partial charge in [-0.3, -0.25) is 15.1 Å². The zero-order chi connectivity index (χ0) is 24.7. The summed E-state index contributed by atoms with van der Waals surface area (Å²) in [6.07, 6.45) is 7.15. The van der Waals surface area contributed by atoms with Crippen molar-refractivity contribution in [2.45, 2.75) is 128 Å². The van der Waals surface area contributed by atoms with E-state index >= 15 is 0 Å². The SMILES string of the molecule is CC1(C)CCCC(C)(C)N1NC(=O)C(CCN)(c1ccccc1)N1C(C)(C)CCCC1(C)C. The molecule has 0 aliphatic carbocycles. The Morgan fingerprint density at radius 1 is 0.848 bits per heavy atom. The van der Waals surface area contributed by atoms with Crippen molar-refractivity contribution in [1.82, 2.24) is 15.3 Å². The first kappa shape index (κ1) is 26.2. The van der Waals surface area contributed by atoms with Gasteiger partial charge in [-0.2, -0.15) is 0 Å². The molecule has 1 aromatic rings. The largest absolute Gasteiger partial charge is 0.330 e. The summed E-state index contributed by atoms with van der Waals surface area (Å²) in [5.74, 6) is 0.0465. The molecule has 186 valence electrons. The summed E-state index contributed by atoms with van der Waals surface area (Å²) < 4.78 is 0. The van der Waals surface area contributed by atoms with Gasteiger partial charge >= 0.3 is 0 Å². The molecular weight excluding hydrogens is 408 g/mol. The summed E-state index contributed by atoms with van der Waals surface area (Å²) in [5.41, 5.74) is 9.45. The first-order valence-electron chi connectivity index (χ1n) is 12.9. The van der Waals surface area contributed by atoms with Crippen LogP contribution in [-0.4, -0.2) is 44.5 Å². The van der Waals surface area contributed by atoms with Gasteiger partial charge in [0.2, 0.25) is 0 Å². The molecule has 5 nitrogen and oxygen atoms in total. The van der Waals surface area contributed by atoms with E-state index < -0.39 is 5.54 Å². The van der Waals surface area contributed by atoms with Crippen LogP contribution in [0.5, 0.6) is 0 Å². The van der Waals surface area contributed by atoms with Crippen molar-refractivity contribution in [3.8, 4) is 0 Å². The minimum Gasteiger partial charge on any atom is -0.330 e. The number of amides is 1. The molecular formula is C28H48N4O. The summed E-state index contributed by atoms with van der Waals surface area (Å²) in [6.45, 7) is 18.6. The highest BCUT2D eigenvalue weighted by Crippen LogP contribution is 2.49. The normalized spacial score (nSPS) is 26.3. The monoisotopic (exact) mass is 456 g/mol. The lowest BCUT2D eigenvalue weighted by molar-refractivity contribution is -0.172. The van der Waals surface area contributed by atoms with E-state index in [9.17, 15) is 4.79 Å². The zero-order valence-corrected chi connectivity index (χ0v) is 22.4. The first-order chi connectivity index (χ1) is 15.2. The van der Waals surface area contributed by atoms with Crippen LogP contribution in [0.15, 0.2) is 30.3 Å². The van der Waals surface area contributed by atoms with Gasteiger partial charge in [0.15, 0.2) is 0 Å². The van der Waals surface area contributed by atoms with Gasteiger partial charge in [0.25, 0.3) is 5.91 Å². The topological polar surface area (TPSA) is 61.6 Å². The Hall–Kier alpha value is -1.43. The molecule has 33 heavy (non-hydrogen) atoms. The molecule has 2 aliphatic heterocycles. The third-order valence-corrected chi connectivity index (χ3v) is 8.30. The number of benzene rings is 1. The second kappa shape index (κ2) is 8.98. The van der Waals surface area contributed by atoms with Crippen molar-refractivity contribution >= 4 is 5.91 Å². The van der Waals surface area contributed by atoms with E-state index in [0.29, 0.717) is 13.0 Å². The number of nitrogens with zero attached hydrogens (tertiary/aromatic N) is 2. The Morgan fingerprint density at radius 3 is 1.76 bits per heavy atom. The van der Waals surface area contributed by atoms with Gasteiger partial charge in [0, 0.05) is 22.2 Å². The third-order valence-electron chi connectivity index (χ3n) is 8.30. The van der Waals surface area contributed by atoms with Crippen LogP contribution in [0.3, 0.4) is 0 Å². The van der Waals surface area contributed by atoms with E-state index in [-0.39, 0.29) is 28.1 Å². The lowest BCUT2D eigenvalue weighted by Crippen LogP contribution is -2.74. The Kier molecular flexibility index (Phi) is 7.12. The lowest BCUT2D eigenvalue weighted by Gasteiger charge is -2.62. The fourth-order valence-electron chi connectivity index (χ4n) is 7.18. The fraction of sp³-hybridized carbons (Fsp3) is 0.750. The van der Waals surface area contributed by atoms with E-state index in [2.05, 4.69) is 82.9 Å². The van der Waals surface area contributed by atoms with Crippen molar-refractivity contribution in [2.24, 2.45) is 5.73 Å². The minimum atomic E-state index is -0.854. The third kappa shape index (κ3) is 4.74. The van der Waals surface area contributed by atoms with Crippen molar-refractivity contribution in [3.05, 3.63) is 35.9 Å². The summed E-state index contributed by atoms with van der Waals surface area (Å²) in [5, 5.41) is 2.24. The van der Waals surface area contributed by atoms with Crippen LogP contribution in [0.4, 0.5) is 0 Å². The summed E-state index contributed by atoms with van der Waals surface area (Å²) in [6, 6.07) is 10.3. The Bertz CT molecular complexity index is 798. The van der Waals surface area contributed by atoms with Gasteiger partial charge in [0.05, 0.1) is 0 Å². The van der Waals surface area contributed by atoms with E-state index in [1.807, 2.05) is 18.2 Å². The minimum absolute atomic E-state index is 0.0465. The van der Waals surface area contributed by atoms with Crippen LogP contribution >= 0.6 is 0 Å². The number of hydrazine groups is 1. The Balaban J connectivity index is 2.19. The number of likely N-dealkylation sites (tertiary alicyclic amines) is 1. The van der Waals surface area contributed by atoms with Crippen molar-refractivity contribution in [2.75, 3.05) is 6.54 Å². The molecule has 0 saturated carbocycles. The molecule has 2 heterocycles. The molecule has 3 N–H and O–H groups in total. The van der Waals surface area contributed by atoms with Crippen molar-refractivity contribution in [3.63, 3.8) is 0 Å². The number of rotatable bonds is 6. The maximum Gasteiger partial charge on any atom is 0.259 e. The molecule has 0 bridgehead atoms. The van der Waals surface area contributed by atoms with Crippen LogP contribution in [0.2, 0.25) is 0 Å². The molecule has 1 amide bonds. The summed E-state index contributed by atoms with van der Waals surface area (Å²) in [4.78, 5) is 17.2. The lowest BCUT2D eigenvalue weighted by atomic mass is 9.71. The predicted octanol–water partition coefficient (Wildman–Crippen LogP) is 5.35. The molecule has 0 aromatic heterocycles. The highest BCUT2D eigenvalue weighted by atomic mass is 16.2. The van der Waals surface area contributed by atoms with Crippen molar-refractivity contribution in [1.29, 1.82) is 0 Å². The smallest absolute Gasteiger partial charge is 0.259 e. The molecule has 1 unspecified atom stereocenters. The summed E-state index contributed by atoms with van der Waals surface area (Å²) in [7, 11) is 0. The van der Waals surface area contributed by atoms with Gasteiger partial charge in [-0.1, -0.05) is 30.3 Å². The number of nitrogens with two attached hydrogens (primary N) is 1. The standard InChI is InChI=1S/C28H48N4O/c1-24(2)16-12-17-25(3,4)31(24)28(20-21-29,22-14-10-9-11-15-22)23(33)30-32-26(5,6)18-13-19-27(32,7)8/h9-11,14-15H,12-13,16-21,29H2,1-8H3,(H,30,33). The van der Waals surface area contributed by atoms with Gasteiger partial charge in [-0.15, -0.1) is 0 Å². The van der Waals surface area contributed by atoms with Crippen LogP contribution < -0.4 is 11.2 Å². The fourth-order valence-corrected chi connectivity index (χ4v) is 7.18. The zero-order valence-electron chi connectivity index (χ0n) is 22.4. The van der Waals surface area contributed by atoms with E-state index in [0.717, 1.165) is 37.7 Å². The number of hydrogen-bond acceptors (Lipinski definition) is 4. The molecule has 1 atom stereocenters. The number of nitrogens with one attached hydrogen (secondary N) is 1.